The van der Waals surface area contributed by atoms with Gasteiger partial charge in [0.2, 0.25) is 0 Å². The molecule has 306 valence electrons. The normalized spacial score (nSPS) is 11.9. The van der Waals surface area contributed by atoms with Crippen molar-refractivity contribution in [3.63, 3.8) is 0 Å². The molecule has 0 aliphatic heterocycles. The van der Waals surface area contributed by atoms with E-state index in [1.807, 2.05) is 36.4 Å². The molecule has 0 amide bonds. The first-order valence-electron chi connectivity index (χ1n) is 22.5. The second kappa shape index (κ2) is 14.3. The molecule has 0 atom stereocenters. The molecule has 0 fully saturated rings. The Labute approximate surface area is 379 Å². The summed E-state index contributed by atoms with van der Waals surface area (Å²) in [6.07, 6.45) is 0. The zero-order chi connectivity index (χ0) is 43.3. The Bertz CT molecular complexity index is 4210. The summed E-state index contributed by atoms with van der Waals surface area (Å²) in [5.41, 5.74) is 9.59. The van der Waals surface area contributed by atoms with Gasteiger partial charge in [0.15, 0.2) is 17.5 Å². The molecule has 0 aliphatic carbocycles. The highest BCUT2D eigenvalue weighted by molar-refractivity contribution is 6.42. The molecule has 14 aromatic rings. The minimum Gasteiger partial charge on any atom is -0.309 e. The van der Waals surface area contributed by atoms with Gasteiger partial charge in [-0.3, -0.25) is 0 Å². The molecule has 66 heavy (non-hydrogen) atoms. The molecule has 0 spiro atoms. The number of aromatic nitrogens is 5. The predicted octanol–water partition coefficient (Wildman–Crippen LogP) is 15.7. The van der Waals surface area contributed by atoms with Crippen molar-refractivity contribution >= 4 is 86.7 Å². The topological polar surface area (TPSA) is 48.5 Å². The van der Waals surface area contributed by atoms with Crippen molar-refractivity contribution < 1.29 is 0 Å². The van der Waals surface area contributed by atoms with Gasteiger partial charge in [0.1, 0.15) is 0 Å². The lowest BCUT2D eigenvalue weighted by Gasteiger charge is -2.17. The van der Waals surface area contributed by atoms with Crippen LogP contribution in [0.15, 0.2) is 224 Å². The molecule has 0 saturated carbocycles. The number of hydrogen-bond donors (Lipinski definition) is 0. The Morgan fingerprint density at radius 2 is 0.712 bits per heavy atom. The van der Waals surface area contributed by atoms with Crippen LogP contribution in [-0.4, -0.2) is 24.1 Å². The van der Waals surface area contributed by atoms with Crippen molar-refractivity contribution in [1.82, 2.24) is 24.1 Å². The first kappa shape index (κ1) is 36.5. The fraction of sp³-hybridized carbons (Fsp3) is 0. The van der Waals surface area contributed by atoms with E-state index < -0.39 is 0 Å². The molecule has 0 N–H and O–H groups in total. The molecule has 5 heteroatoms. The smallest absolute Gasteiger partial charge is 0.164 e. The molecule has 11 aromatic carbocycles. The first-order valence-corrected chi connectivity index (χ1v) is 22.5. The Hall–Kier alpha value is -8.93. The summed E-state index contributed by atoms with van der Waals surface area (Å²) in [6.45, 7) is 0. The second-order valence-corrected chi connectivity index (χ2v) is 17.1. The molecule has 0 aliphatic rings. The van der Waals surface area contributed by atoms with Crippen molar-refractivity contribution in [2.45, 2.75) is 0 Å². The van der Waals surface area contributed by atoms with Gasteiger partial charge in [-0.05, 0) is 74.8 Å². The van der Waals surface area contributed by atoms with Crippen molar-refractivity contribution in [2.24, 2.45) is 0 Å². The van der Waals surface area contributed by atoms with E-state index in [1.54, 1.807) is 0 Å². The van der Waals surface area contributed by atoms with Crippen LogP contribution in [0.5, 0.6) is 0 Å². The molecule has 3 heterocycles. The highest BCUT2D eigenvalue weighted by Crippen LogP contribution is 2.48. The first-order chi connectivity index (χ1) is 32.8. The van der Waals surface area contributed by atoms with Crippen LogP contribution in [0.2, 0.25) is 0 Å². The van der Waals surface area contributed by atoms with Gasteiger partial charge < -0.3 is 9.13 Å². The van der Waals surface area contributed by atoms with Crippen molar-refractivity contribution in [1.29, 1.82) is 0 Å². The quantitative estimate of drug-likeness (QED) is 0.162. The van der Waals surface area contributed by atoms with E-state index in [2.05, 4.69) is 197 Å². The molecule has 3 aromatic heterocycles. The van der Waals surface area contributed by atoms with E-state index in [1.165, 1.54) is 70.3 Å². The maximum absolute atomic E-state index is 5.21. The summed E-state index contributed by atoms with van der Waals surface area (Å²) in [6, 6.07) is 80.5. The molecule has 0 unspecified atom stereocenters. The van der Waals surface area contributed by atoms with E-state index in [9.17, 15) is 0 Å². The third-order valence-electron chi connectivity index (χ3n) is 13.5. The number of benzene rings is 11. The van der Waals surface area contributed by atoms with Crippen molar-refractivity contribution in [2.75, 3.05) is 0 Å². The van der Waals surface area contributed by atoms with Crippen LogP contribution in [0.25, 0.3) is 132 Å². The standard InChI is InChI=1S/C61H37N5/c1-4-18-38(19-5-1)59-62-60(39-20-6-2-7-21-39)64-61(63-59)40-32-34-50-54(36-40)66(42-33-35-53-51(37-42)45-26-16-17-31-52(45)65(53)41-22-8-3-9-23-41)58-56(50)49-30-15-14-29-48(49)55-46-27-12-10-24-43(46)44-25-11-13-28-47(44)57(55)58/h1-37H. The van der Waals surface area contributed by atoms with Crippen LogP contribution in [0, 0.1) is 0 Å². The number of rotatable bonds is 5. The van der Waals surface area contributed by atoms with Gasteiger partial charge in [-0.2, -0.15) is 0 Å². The zero-order valence-electron chi connectivity index (χ0n) is 35.6. The molecule has 5 nitrogen and oxygen atoms in total. The fourth-order valence-corrected chi connectivity index (χ4v) is 10.7. The number of para-hydroxylation sites is 2. The minimum absolute atomic E-state index is 0.619. The molecule has 0 radical (unpaired) electrons. The summed E-state index contributed by atoms with van der Waals surface area (Å²) < 4.78 is 4.91. The van der Waals surface area contributed by atoms with Crippen LogP contribution in [0.4, 0.5) is 0 Å². The molecular formula is C61H37N5. The van der Waals surface area contributed by atoms with E-state index in [0.717, 1.165) is 44.5 Å². The van der Waals surface area contributed by atoms with Crippen LogP contribution in [0.1, 0.15) is 0 Å². The van der Waals surface area contributed by atoms with Crippen LogP contribution in [0.3, 0.4) is 0 Å². The summed E-state index contributed by atoms with van der Waals surface area (Å²) in [7, 11) is 0. The van der Waals surface area contributed by atoms with Gasteiger partial charge in [0, 0.05) is 60.4 Å². The fourth-order valence-electron chi connectivity index (χ4n) is 10.7. The monoisotopic (exact) mass is 839 g/mol. The van der Waals surface area contributed by atoms with Crippen LogP contribution in [-0.2, 0) is 0 Å². The highest BCUT2D eigenvalue weighted by atomic mass is 15.0. The van der Waals surface area contributed by atoms with Gasteiger partial charge in [-0.15, -0.1) is 0 Å². The van der Waals surface area contributed by atoms with E-state index in [4.69, 9.17) is 15.0 Å². The zero-order valence-corrected chi connectivity index (χ0v) is 35.6. The van der Waals surface area contributed by atoms with Gasteiger partial charge in [0.05, 0.1) is 22.1 Å². The van der Waals surface area contributed by atoms with Crippen molar-refractivity contribution in [3.05, 3.63) is 224 Å². The maximum atomic E-state index is 5.21. The summed E-state index contributed by atoms with van der Waals surface area (Å²) >= 11 is 0. The Morgan fingerprint density at radius 1 is 0.242 bits per heavy atom. The van der Waals surface area contributed by atoms with Crippen LogP contribution >= 0.6 is 0 Å². The predicted molar refractivity (Wildman–Crippen MR) is 275 cm³/mol. The van der Waals surface area contributed by atoms with Crippen molar-refractivity contribution in [3.8, 4) is 45.5 Å². The maximum Gasteiger partial charge on any atom is 0.164 e. The summed E-state index contributed by atoms with van der Waals surface area (Å²) in [4.78, 5) is 15.5. The van der Waals surface area contributed by atoms with E-state index >= 15 is 0 Å². The Balaban J connectivity index is 1.16. The minimum atomic E-state index is 0.619. The molecule has 0 bridgehead atoms. The lowest BCUT2D eigenvalue weighted by atomic mass is 9.89. The number of hydrogen-bond acceptors (Lipinski definition) is 3. The summed E-state index contributed by atoms with van der Waals surface area (Å²) in [5.74, 6) is 1.89. The van der Waals surface area contributed by atoms with Gasteiger partial charge in [-0.25, -0.2) is 15.0 Å². The number of nitrogens with zero attached hydrogens (tertiary/aromatic N) is 5. The Kier molecular flexibility index (Phi) is 7.91. The average molecular weight is 840 g/mol. The largest absolute Gasteiger partial charge is 0.309 e. The second-order valence-electron chi connectivity index (χ2n) is 17.1. The number of fused-ring (bicyclic) bond motifs is 16. The molecular weight excluding hydrogens is 803 g/mol. The third-order valence-corrected chi connectivity index (χ3v) is 13.5. The van der Waals surface area contributed by atoms with Crippen LogP contribution < -0.4 is 0 Å². The van der Waals surface area contributed by atoms with E-state index in [0.29, 0.717) is 17.5 Å². The summed E-state index contributed by atoms with van der Waals surface area (Å²) in [5, 5.41) is 14.7. The molecule has 0 saturated heterocycles. The lowest BCUT2D eigenvalue weighted by molar-refractivity contribution is 1.07. The van der Waals surface area contributed by atoms with Gasteiger partial charge >= 0.3 is 0 Å². The lowest BCUT2D eigenvalue weighted by Crippen LogP contribution is -2.00. The Morgan fingerprint density at radius 3 is 1.33 bits per heavy atom. The average Bonchev–Trinajstić information content (AvgIpc) is 3.92. The van der Waals surface area contributed by atoms with E-state index in [-0.39, 0.29) is 0 Å². The SMILES string of the molecule is c1ccc(-c2nc(-c3ccccc3)nc(-c3ccc4c5c6ccccc6c6c7ccccc7c7ccccc7c6c5n(-c5ccc6c(c5)c5ccccc5n6-c5ccccc5)c4c3)n2)cc1. The molecule has 14 rings (SSSR count). The van der Waals surface area contributed by atoms with Gasteiger partial charge in [0.25, 0.3) is 0 Å². The highest BCUT2D eigenvalue weighted by Gasteiger charge is 2.24. The third kappa shape index (κ3) is 5.38. The van der Waals surface area contributed by atoms with Gasteiger partial charge in [-0.1, -0.05) is 182 Å².